The van der Waals surface area contributed by atoms with Crippen LogP contribution in [0.25, 0.3) is 0 Å². The van der Waals surface area contributed by atoms with Gasteiger partial charge < -0.3 is 5.11 Å². The van der Waals surface area contributed by atoms with Crippen LogP contribution in [0.2, 0.25) is 0 Å². The molecule has 0 aromatic heterocycles. The van der Waals surface area contributed by atoms with E-state index < -0.39 is 5.60 Å². The Bertz CT molecular complexity index is 329. The summed E-state index contributed by atoms with van der Waals surface area (Å²) in [6.45, 7) is 2.15. The molecule has 0 radical (unpaired) electrons. The van der Waals surface area contributed by atoms with Crippen molar-refractivity contribution in [3.63, 3.8) is 0 Å². The molecule has 2 heteroatoms. The molecule has 1 aliphatic rings. The smallest absolute Gasteiger partial charge is 0.0897 e. The molecule has 1 aromatic carbocycles. The molecule has 1 aliphatic carbocycles. The van der Waals surface area contributed by atoms with Crippen LogP contribution in [0.5, 0.6) is 0 Å². The minimum absolute atomic E-state index is 0.537. The summed E-state index contributed by atoms with van der Waals surface area (Å²) in [6, 6.07) is 8.39. The van der Waals surface area contributed by atoms with Crippen LogP contribution < -0.4 is 0 Å². The third-order valence-corrected chi connectivity index (χ3v) is 3.99. The van der Waals surface area contributed by atoms with Crippen LogP contribution in [0, 0.1) is 0 Å². The monoisotopic (exact) mass is 222 g/mol. The molecule has 0 heterocycles. The number of hydrogen-bond donors (Lipinski definition) is 1. The van der Waals surface area contributed by atoms with E-state index in [2.05, 4.69) is 31.2 Å². The van der Waals surface area contributed by atoms with Gasteiger partial charge in [-0.15, -0.1) is 11.8 Å². The largest absolute Gasteiger partial charge is 0.385 e. The van der Waals surface area contributed by atoms with Gasteiger partial charge in [-0.25, -0.2) is 0 Å². The van der Waals surface area contributed by atoms with E-state index in [1.54, 1.807) is 0 Å². The first-order chi connectivity index (χ1) is 7.24. The lowest BCUT2D eigenvalue weighted by Gasteiger charge is -2.23. The maximum absolute atomic E-state index is 10.4. The second-order valence-electron chi connectivity index (χ2n) is 4.20. The molecule has 0 amide bonds. The van der Waals surface area contributed by atoms with E-state index in [1.807, 2.05) is 11.8 Å². The van der Waals surface area contributed by atoms with Crippen LogP contribution in [0.1, 0.15) is 38.2 Å². The molecule has 0 saturated heterocycles. The SMILES string of the molecule is CCSc1cccc(C2(O)CCCC2)c1. The highest BCUT2D eigenvalue weighted by Crippen LogP contribution is 2.39. The number of hydrogen-bond acceptors (Lipinski definition) is 2. The summed E-state index contributed by atoms with van der Waals surface area (Å²) in [6.07, 6.45) is 4.16. The van der Waals surface area contributed by atoms with E-state index >= 15 is 0 Å². The average Bonchev–Trinajstić information content (AvgIpc) is 2.68. The molecule has 15 heavy (non-hydrogen) atoms. The predicted octanol–water partition coefficient (Wildman–Crippen LogP) is 3.56. The molecule has 2 rings (SSSR count). The van der Waals surface area contributed by atoms with E-state index in [-0.39, 0.29) is 0 Å². The standard InChI is InChI=1S/C13H18OS/c1-2-15-12-7-5-6-11(10-12)13(14)8-3-4-9-13/h5-7,10,14H,2-4,8-9H2,1H3. The van der Waals surface area contributed by atoms with Gasteiger partial charge in [0.15, 0.2) is 0 Å². The lowest BCUT2D eigenvalue weighted by molar-refractivity contribution is 0.0443. The zero-order valence-corrected chi connectivity index (χ0v) is 10.0. The van der Waals surface area contributed by atoms with Gasteiger partial charge in [0.1, 0.15) is 0 Å². The summed E-state index contributed by atoms with van der Waals surface area (Å²) in [4.78, 5) is 1.27. The molecule has 0 aliphatic heterocycles. The van der Waals surface area contributed by atoms with Gasteiger partial charge in [-0.3, -0.25) is 0 Å². The second kappa shape index (κ2) is 4.58. The van der Waals surface area contributed by atoms with Crippen LogP contribution >= 0.6 is 11.8 Å². The molecule has 1 N–H and O–H groups in total. The van der Waals surface area contributed by atoms with Gasteiger partial charge in [-0.1, -0.05) is 31.9 Å². The van der Waals surface area contributed by atoms with Gasteiger partial charge in [0.25, 0.3) is 0 Å². The Morgan fingerprint density at radius 3 is 2.73 bits per heavy atom. The minimum atomic E-state index is -0.537. The van der Waals surface area contributed by atoms with Crippen LogP contribution in [0.3, 0.4) is 0 Å². The number of aliphatic hydroxyl groups is 1. The molecule has 82 valence electrons. The van der Waals surface area contributed by atoms with Gasteiger partial charge in [0, 0.05) is 4.90 Å². The highest BCUT2D eigenvalue weighted by molar-refractivity contribution is 7.99. The molecular formula is C13H18OS. The topological polar surface area (TPSA) is 20.2 Å². The molecule has 0 atom stereocenters. The lowest BCUT2D eigenvalue weighted by atomic mass is 9.92. The van der Waals surface area contributed by atoms with E-state index in [1.165, 1.54) is 4.90 Å². The summed E-state index contributed by atoms with van der Waals surface area (Å²) in [5.41, 5.74) is 0.572. The normalized spacial score (nSPS) is 19.3. The van der Waals surface area contributed by atoms with Crippen molar-refractivity contribution in [2.24, 2.45) is 0 Å². The maximum Gasteiger partial charge on any atom is 0.0897 e. The third kappa shape index (κ3) is 2.37. The van der Waals surface area contributed by atoms with Crippen molar-refractivity contribution in [1.82, 2.24) is 0 Å². The van der Waals surface area contributed by atoms with Crippen molar-refractivity contribution in [3.05, 3.63) is 29.8 Å². The van der Waals surface area contributed by atoms with Crippen molar-refractivity contribution in [2.45, 2.75) is 43.1 Å². The molecule has 1 nitrogen and oxygen atoms in total. The first-order valence-corrected chi connectivity index (χ1v) is 6.69. The van der Waals surface area contributed by atoms with E-state index in [9.17, 15) is 5.11 Å². The Hall–Kier alpha value is -0.470. The molecule has 0 bridgehead atoms. The van der Waals surface area contributed by atoms with Gasteiger partial charge in [0.2, 0.25) is 0 Å². The van der Waals surface area contributed by atoms with Crippen molar-refractivity contribution < 1.29 is 5.11 Å². The Balaban J connectivity index is 2.23. The number of thioether (sulfide) groups is 1. The lowest BCUT2D eigenvalue weighted by Crippen LogP contribution is -2.20. The quantitative estimate of drug-likeness (QED) is 0.789. The van der Waals surface area contributed by atoms with Crippen molar-refractivity contribution in [3.8, 4) is 0 Å². The van der Waals surface area contributed by atoms with Gasteiger partial charge in [-0.2, -0.15) is 0 Å². The molecule has 0 unspecified atom stereocenters. The predicted molar refractivity (Wildman–Crippen MR) is 65.2 cm³/mol. The van der Waals surface area contributed by atoms with Gasteiger partial charge >= 0.3 is 0 Å². The fourth-order valence-corrected chi connectivity index (χ4v) is 3.01. The third-order valence-electron chi connectivity index (χ3n) is 3.11. The molecule has 0 spiro atoms. The minimum Gasteiger partial charge on any atom is -0.385 e. The van der Waals surface area contributed by atoms with E-state index in [4.69, 9.17) is 0 Å². The highest BCUT2D eigenvalue weighted by atomic mass is 32.2. The number of benzene rings is 1. The van der Waals surface area contributed by atoms with Crippen LogP contribution in [-0.2, 0) is 5.60 Å². The average molecular weight is 222 g/mol. The van der Waals surface area contributed by atoms with Crippen molar-refractivity contribution in [1.29, 1.82) is 0 Å². The molecule has 1 fully saturated rings. The highest BCUT2D eigenvalue weighted by Gasteiger charge is 2.32. The summed E-state index contributed by atoms with van der Waals surface area (Å²) in [5, 5.41) is 10.4. The van der Waals surface area contributed by atoms with E-state index in [0.717, 1.165) is 37.0 Å². The molecule has 1 aromatic rings. The Kier molecular flexibility index (Phi) is 3.37. The zero-order chi connectivity index (χ0) is 10.7. The molecular weight excluding hydrogens is 204 g/mol. The van der Waals surface area contributed by atoms with Crippen LogP contribution in [0.4, 0.5) is 0 Å². The Labute approximate surface area is 95.9 Å². The van der Waals surface area contributed by atoms with Gasteiger partial charge in [0.05, 0.1) is 5.60 Å². The molecule has 1 saturated carbocycles. The maximum atomic E-state index is 10.4. The second-order valence-corrected chi connectivity index (χ2v) is 5.54. The van der Waals surface area contributed by atoms with Crippen molar-refractivity contribution >= 4 is 11.8 Å². The first kappa shape index (κ1) is 11.0. The zero-order valence-electron chi connectivity index (χ0n) is 9.20. The van der Waals surface area contributed by atoms with Crippen LogP contribution in [-0.4, -0.2) is 10.9 Å². The summed E-state index contributed by atoms with van der Waals surface area (Å²) < 4.78 is 0. The Morgan fingerprint density at radius 2 is 2.07 bits per heavy atom. The number of rotatable bonds is 3. The summed E-state index contributed by atoms with van der Waals surface area (Å²) >= 11 is 1.84. The van der Waals surface area contributed by atoms with Crippen LogP contribution in [0.15, 0.2) is 29.2 Å². The summed E-state index contributed by atoms with van der Waals surface area (Å²) in [5.74, 6) is 1.09. The fourth-order valence-electron chi connectivity index (χ4n) is 2.29. The van der Waals surface area contributed by atoms with Gasteiger partial charge in [-0.05, 0) is 36.3 Å². The van der Waals surface area contributed by atoms with Crippen molar-refractivity contribution in [2.75, 3.05) is 5.75 Å². The fraction of sp³-hybridized carbons (Fsp3) is 0.538. The van der Waals surface area contributed by atoms with E-state index in [0.29, 0.717) is 0 Å². The Morgan fingerprint density at radius 1 is 1.33 bits per heavy atom. The first-order valence-electron chi connectivity index (χ1n) is 5.70. The summed E-state index contributed by atoms with van der Waals surface area (Å²) in [7, 11) is 0.